The van der Waals surface area contributed by atoms with Gasteiger partial charge in [0.25, 0.3) is 5.91 Å². The highest BCUT2D eigenvalue weighted by molar-refractivity contribution is 6.02. The minimum absolute atomic E-state index is 0.00974. The number of rotatable bonds is 5. The van der Waals surface area contributed by atoms with Crippen molar-refractivity contribution in [1.82, 2.24) is 4.90 Å². The van der Waals surface area contributed by atoms with Gasteiger partial charge in [-0.15, -0.1) is 0 Å². The summed E-state index contributed by atoms with van der Waals surface area (Å²) in [4.78, 5) is 28.7. The summed E-state index contributed by atoms with van der Waals surface area (Å²) in [6.07, 6.45) is 3.13. The third kappa shape index (κ3) is 3.11. The van der Waals surface area contributed by atoms with Crippen molar-refractivity contribution in [2.45, 2.75) is 25.3 Å². The Bertz CT molecular complexity index is 638. The molecular weight excluding hydrogens is 308 g/mol. The van der Waals surface area contributed by atoms with E-state index >= 15 is 0 Å². The predicted molar refractivity (Wildman–Crippen MR) is 88.0 cm³/mol. The smallest absolute Gasteiger partial charge is 0.265 e. The Kier molecular flexibility index (Phi) is 4.14. The van der Waals surface area contributed by atoms with Crippen molar-refractivity contribution in [3.8, 4) is 5.75 Å². The van der Waals surface area contributed by atoms with Gasteiger partial charge in [-0.1, -0.05) is 12.1 Å². The number of carbonyl (C=O) groups is 2. The van der Waals surface area contributed by atoms with E-state index in [0.29, 0.717) is 23.4 Å². The molecule has 128 valence electrons. The van der Waals surface area contributed by atoms with Crippen LogP contribution in [0.15, 0.2) is 24.3 Å². The van der Waals surface area contributed by atoms with Crippen molar-refractivity contribution in [2.75, 3.05) is 37.8 Å². The molecule has 0 radical (unpaired) electrons. The lowest BCUT2D eigenvalue weighted by Gasteiger charge is -2.32. The molecule has 0 aromatic heterocycles. The van der Waals surface area contributed by atoms with Gasteiger partial charge in [0, 0.05) is 25.1 Å². The zero-order valence-corrected chi connectivity index (χ0v) is 13.6. The first-order valence-electron chi connectivity index (χ1n) is 8.62. The average molecular weight is 330 g/mol. The maximum Gasteiger partial charge on any atom is 0.265 e. The van der Waals surface area contributed by atoms with E-state index in [0.717, 1.165) is 39.0 Å². The summed E-state index contributed by atoms with van der Waals surface area (Å²) in [5.41, 5.74) is 0.682. The third-order valence-corrected chi connectivity index (χ3v) is 4.89. The Labute approximate surface area is 141 Å². The molecule has 1 aromatic rings. The lowest BCUT2D eigenvalue weighted by molar-refractivity contribution is -0.133. The maximum atomic E-state index is 12.9. The number of para-hydroxylation sites is 2. The average Bonchev–Trinajstić information content (AvgIpc) is 3.31. The SMILES string of the molecule is O=C1COc2ccccc2N1CC(=O)N(CC1CCOC1)C1CC1. The zero-order chi connectivity index (χ0) is 16.5. The summed E-state index contributed by atoms with van der Waals surface area (Å²) in [5, 5.41) is 0. The van der Waals surface area contributed by atoms with Crippen molar-refractivity contribution in [3.05, 3.63) is 24.3 Å². The Morgan fingerprint density at radius 3 is 2.83 bits per heavy atom. The van der Waals surface area contributed by atoms with E-state index in [1.54, 1.807) is 4.90 Å². The van der Waals surface area contributed by atoms with Gasteiger partial charge in [-0.25, -0.2) is 0 Å². The molecule has 4 rings (SSSR count). The summed E-state index contributed by atoms with van der Waals surface area (Å²) in [7, 11) is 0. The van der Waals surface area contributed by atoms with Gasteiger partial charge in [-0.05, 0) is 31.4 Å². The van der Waals surface area contributed by atoms with Crippen molar-refractivity contribution in [2.24, 2.45) is 5.92 Å². The van der Waals surface area contributed by atoms with Gasteiger partial charge in [-0.3, -0.25) is 14.5 Å². The lowest BCUT2D eigenvalue weighted by atomic mass is 10.1. The van der Waals surface area contributed by atoms with Crippen LogP contribution in [0.1, 0.15) is 19.3 Å². The van der Waals surface area contributed by atoms with Crippen molar-refractivity contribution in [1.29, 1.82) is 0 Å². The van der Waals surface area contributed by atoms with Crippen LogP contribution < -0.4 is 9.64 Å². The third-order valence-electron chi connectivity index (χ3n) is 4.89. The molecule has 24 heavy (non-hydrogen) atoms. The molecule has 0 bridgehead atoms. The number of carbonyl (C=O) groups excluding carboxylic acids is 2. The second-order valence-electron chi connectivity index (χ2n) is 6.74. The van der Waals surface area contributed by atoms with Crippen molar-refractivity contribution < 1.29 is 19.1 Å². The lowest BCUT2D eigenvalue weighted by Crippen LogP contribution is -2.48. The fourth-order valence-corrected chi connectivity index (χ4v) is 3.40. The number of fused-ring (bicyclic) bond motifs is 1. The van der Waals surface area contributed by atoms with Crippen LogP contribution in [0.2, 0.25) is 0 Å². The number of hydrogen-bond donors (Lipinski definition) is 0. The fraction of sp³-hybridized carbons (Fsp3) is 0.556. The summed E-state index contributed by atoms with van der Waals surface area (Å²) in [6, 6.07) is 7.71. The molecule has 1 unspecified atom stereocenters. The van der Waals surface area contributed by atoms with Crippen LogP contribution in [0, 0.1) is 5.92 Å². The summed E-state index contributed by atoms with van der Waals surface area (Å²) in [6.45, 7) is 2.33. The molecular formula is C18H22N2O4. The molecule has 0 spiro atoms. The summed E-state index contributed by atoms with van der Waals surface area (Å²) < 4.78 is 10.9. The van der Waals surface area contributed by atoms with Gasteiger partial charge < -0.3 is 14.4 Å². The van der Waals surface area contributed by atoms with Gasteiger partial charge in [0.2, 0.25) is 5.91 Å². The fourth-order valence-electron chi connectivity index (χ4n) is 3.40. The normalized spacial score (nSPS) is 22.9. The molecule has 2 fully saturated rings. The maximum absolute atomic E-state index is 12.9. The van der Waals surface area contributed by atoms with Crippen LogP contribution in [0.4, 0.5) is 5.69 Å². The Morgan fingerprint density at radius 1 is 1.25 bits per heavy atom. The number of hydrogen-bond acceptors (Lipinski definition) is 4. The predicted octanol–water partition coefficient (Wildman–Crippen LogP) is 1.44. The van der Waals surface area contributed by atoms with Crippen molar-refractivity contribution in [3.63, 3.8) is 0 Å². The molecule has 6 heteroatoms. The highest BCUT2D eigenvalue weighted by atomic mass is 16.5. The molecule has 2 amide bonds. The molecule has 1 saturated heterocycles. The first kappa shape index (κ1) is 15.4. The molecule has 2 heterocycles. The van der Waals surface area contributed by atoms with E-state index in [9.17, 15) is 9.59 Å². The molecule has 0 N–H and O–H groups in total. The van der Waals surface area contributed by atoms with Crippen LogP contribution in [-0.2, 0) is 14.3 Å². The van der Waals surface area contributed by atoms with E-state index < -0.39 is 0 Å². The Balaban J connectivity index is 1.48. The van der Waals surface area contributed by atoms with Gasteiger partial charge >= 0.3 is 0 Å². The van der Waals surface area contributed by atoms with E-state index in [1.807, 2.05) is 29.2 Å². The van der Waals surface area contributed by atoms with E-state index in [-0.39, 0.29) is 25.0 Å². The molecule has 2 aliphatic heterocycles. The largest absolute Gasteiger partial charge is 0.482 e. The second-order valence-corrected chi connectivity index (χ2v) is 6.74. The minimum atomic E-state index is -0.165. The monoisotopic (exact) mass is 330 g/mol. The highest BCUT2D eigenvalue weighted by Gasteiger charge is 2.37. The topological polar surface area (TPSA) is 59.1 Å². The first-order valence-corrected chi connectivity index (χ1v) is 8.62. The standard InChI is InChI=1S/C18H22N2O4/c21-17(19(14-5-6-14)9-13-7-8-23-11-13)10-20-15-3-1-2-4-16(15)24-12-18(20)22/h1-4,13-14H,5-12H2. The second kappa shape index (κ2) is 6.43. The summed E-state index contributed by atoms with van der Waals surface area (Å²) >= 11 is 0. The number of benzene rings is 1. The van der Waals surface area contributed by atoms with Gasteiger partial charge in [0.1, 0.15) is 12.3 Å². The molecule has 1 aliphatic carbocycles. The summed E-state index contributed by atoms with van der Waals surface area (Å²) in [5.74, 6) is 0.936. The molecule has 6 nitrogen and oxygen atoms in total. The molecule has 1 saturated carbocycles. The zero-order valence-electron chi connectivity index (χ0n) is 13.6. The quantitative estimate of drug-likeness (QED) is 0.820. The minimum Gasteiger partial charge on any atom is -0.482 e. The van der Waals surface area contributed by atoms with Crippen LogP contribution in [0.25, 0.3) is 0 Å². The van der Waals surface area contributed by atoms with Crippen molar-refractivity contribution >= 4 is 17.5 Å². The van der Waals surface area contributed by atoms with Crippen LogP contribution >= 0.6 is 0 Å². The number of nitrogens with zero attached hydrogens (tertiary/aromatic N) is 2. The van der Waals surface area contributed by atoms with E-state index in [1.165, 1.54) is 0 Å². The van der Waals surface area contributed by atoms with Crippen LogP contribution in [0.3, 0.4) is 0 Å². The molecule has 1 aromatic carbocycles. The highest BCUT2D eigenvalue weighted by Crippen LogP contribution is 2.33. The van der Waals surface area contributed by atoms with Gasteiger partial charge in [0.05, 0.1) is 12.3 Å². The van der Waals surface area contributed by atoms with Crippen LogP contribution in [-0.4, -0.2) is 55.7 Å². The molecule has 3 aliphatic rings. The van der Waals surface area contributed by atoms with E-state index in [2.05, 4.69) is 0 Å². The van der Waals surface area contributed by atoms with E-state index in [4.69, 9.17) is 9.47 Å². The Morgan fingerprint density at radius 2 is 2.08 bits per heavy atom. The number of amides is 2. The first-order chi connectivity index (χ1) is 11.7. The Hall–Kier alpha value is -2.08. The number of ether oxygens (including phenoxy) is 2. The van der Waals surface area contributed by atoms with Gasteiger partial charge in [-0.2, -0.15) is 0 Å². The number of anilines is 1. The molecule has 1 atom stereocenters. The van der Waals surface area contributed by atoms with Crippen LogP contribution in [0.5, 0.6) is 5.75 Å². The van der Waals surface area contributed by atoms with Gasteiger partial charge in [0.15, 0.2) is 6.61 Å².